The van der Waals surface area contributed by atoms with Gasteiger partial charge in [0.25, 0.3) is 0 Å². The van der Waals surface area contributed by atoms with Crippen molar-refractivity contribution in [2.75, 3.05) is 36.6 Å². The number of fused-ring (bicyclic) bond motifs is 6. The molecule has 0 bridgehead atoms. The number of nitrogens with one attached hydrogen (secondary N) is 9. The van der Waals surface area contributed by atoms with E-state index in [-0.39, 0.29) is 46.6 Å². The molecule has 0 spiro atoms. The monoisotopic (exact) mass is 1780 g/mol. The minimum atomic E-state index is -0.355. The third-order valence-electron chi connectivity index (χ3n) is 21.0. The number of rotatable bonds is 23. The Balaban J connectivity index is 0.000000137. The van der Waals surface area contributed by atoms with Gasteiger partial charge in [0.05, 0.1) is 23.1 Å². The van der Waals surface area contributed by atoms with Gasteiger partial charge in [-0.3, -0.25) is 38.4 Å². The van der Waals surface area contributed by atoms with Gasteiger partial charge in [-0.25, -0.2) is 29.9 Å². The summed E-state index contributed by atoms with van der Waals surface area (Å²) < 4.78 is 0. The highest BCUT2D eigenvalue weighted by Crippen LogP contribution is 2.34. The van der Waals surface area contributed by atoms with Gasteiger partial charge in [-0.1, -0.05) is 183 Å². The zero-order valence-corrected chi connectivity index (χ0v) is 75.7. The fraction of sp³-hybridized carbons (Fsp3) is 0.100. The molecular weight excluding hydrogens is 1690 g/mol. The van der Waals surface area contributed by atoms with Crippen molar-refractivity contribution >= 4 is 148 Å². The van der Waals surface area contributed by atoms with Crippen molar-refractivity contribution in [3.63, 3.8) is 0 Å². The van der Waals surface area contributed by atoms with Gasteiger partial charge in [0.15, 0.2) is 28.9 Å². The first-order chi connectivity index (χ1) is 65.4. The van der Waals surface area contributed by atoms with Gasteiger partial charge in [0.2, 0.25) is 17.7 Å². The zero-order chi connectivity index (χ0) is 95.3. The molecule has 0 atom stereocenters. The van der Waals surface area contributed by atoms with Crippen molar-refractivity contribution in [1.29, 1.82) is 5.26 Å². The standard InChI is InChI=1S/C19H20N4O.2C19H16N2O2.C18H15N3O2.C18H17N3O.C17H13N3/c1-23(2)10-6-9-18(24)22-17-13-21-19-16(17)11-15(12-20-19)14-7-4-3-5-8-14;1-12(22)3-4-16-10-20-19-18(16)9-17(11-21-19)15-7-5-14(6-8-15)13(2)23;1-12(22)6-7-16-10-20-19-18(16)9-17(11-21-19)15-5-3-4-14(8-15)13(2)23;1-12(22)7-8-17(23)21-16-11-20-18-15(16)9-14(10-19-18)13-5-3-2-4-6-13;1-2-3-9-17(22)21-16-12-20-18-15(16)10-14(11-19-18)13-7-5-4-6-8-13;1-12(9-18)7-15-11-20-17-16(15)8-14(10-19-17)13-5-3-2-4-6-13/h3-9,11-13H,10H2,1-2H3,(H,20,21)(H,22,24);2*3-11H,1-2H3,(H,20,21);2-11H,1H3,(H,19,20)(H,21,23);3-12H,2H2,1H3,(H,19,20)(H,21,22);2-8,10-11H,1H3,(H,19,20)/b9-6+;4-3+;7-6+;8-7+;9-3+;12-7+. The molecule has 25 nitrogen and oxygen atoms in total. The van der Waals surface area contributed by atoms with Crippen LogP contribution >= 0.6 is 0 Å². The van der Waals surface area contributed by atoms with E-state index in [1.54, 1.807) is 88.3 Å². The predicted molar refractivity (Wildman–Crippen MR) is 541 cm³/mol. The summed E-state index contributed by atoms with van der Waals surface area (Å²) in [7, 11) is 3.91. The number of amides is 3. The van der Waals surface area contributed by atoms with E-state index in [2.05, 4.69) is 100 Å². The fourth-order valence-electron chi connectivity index (χ4n) is 14.1. The van der Waals surface area contributed by atoms with Crippen LogP contribution in [0.3, 0.4) is 0 Å². The van der Waals surface area contributed by atoms with E-state index in [9.17, 15) is 38.4 Å². The Labute approximate surface area is 778 Å². The number of pyridine rings is 6. The van der Waals surface area contributed by atoms with Crippen molar-refractivity contribution in [3.8, 4) is 72.8 Å². The highest BCUT2D eigenvalue weighted by Gasteiger charge is 2.16. The number of nitriles is 1. The second-order valence-electron chi connectivity index (χ2n) is 31.5. The van der Waals surface area contributed by atoms with Crippen LogP contribution in [0.1, 0.15) is 92.3 Å². The average Bonchev–Trinajstić information content (AvgIpc) is 1.71. The average molecular weight is 1790 g/mol. The molecule has 0 unspecified atom stereocenters. The number of carbonyl (C=O) groups excluding carboxylic acids is 8. The molecule has 6 aromatic carbocycles. The largest absolute Gasteiger partial charge is 0.346 e. The van der Waals surface area contributed by atoms with E-state index in [1.165, 1.54) is 45.1 Å². The van der Waals surface area contributed by atoms with Crippen molar-refractivity contribution in [1.82, 2.24) is 64.7 Å². The summed E-state index contributed by atoms with van der Waals surface area (Å²) in [6.45, 7) is 12.0. The highest BCUT2D eigenvalue weighted by atomic mass is 16.2. The van der Waals surface area contributed by atoms with E-state index < -0.39 is 0 Å². The van der Waals surface area contributed by atoms with Gasteiger partial charge in [-0.15, -0.1) is 0 Å². The molecule has 9 N–H and O–H groups in total. The van der Waals surface area contributed by atoms with Crippen molar-refractivity contribution in [2.45, 2.75) is 54.9 Å². The number of Topliss-reactive ketones (excluding diaryl/α,β-unsaturated/α-hetero) is 2. The summed E-state index contributed by atoms with van der Waals surface area (Å²) >= 11 is 0. The smallest absolute Gasteiger partial charge is 0.248 e. The third-order valence-corrected chi connectivity index (χ3v) is 21.0. The molecule has 12 aromatic heterocycles. The summed E-state index contributed by atoms with van der Waals surface area (Å²) in [6.07, 6.45) is 40.2. The van der Waals surface area contributed by atoms with Crippen molar-refractivity contribution in [2.24, 2.45) is 0 Å². The van der Waals surface area contributed by atoms with Gasteiger partial charge >= 0.3 is 0 Å². The summed E-state index contributed by atoms with van der Waals surface area (Å²) in [5.74, 6) is -0.727. The Morgan fingerprint density at radius 1 is 0.326 bits per heavy atom. The quantitative estimate of drug-likeness (QED) is 0.0163. The SMILES string of the molecule is C/C(C#N)=C\c1c[nH]c2ncc(-c3ccccc3)cc12.CC(=O)/C=C/C(=O)Nc1c[nH]c2ncc(-c3ccccc3)cc12.CC(=O)/C=C/c1c[nH]c2ncc(-c3ccc(C(C)=O)cc3)cc12.CC(=O)/C=C/c1c[nH]c2ncc(-c3cccc(C(C)=O)c3)cc12.CC/C=C/C(=O)Nc1c[nH]c2ncc(-c3ccccc3)cc12.CN(C)C/C=C/C(=O)Nc1c[nH]c2ncc(-c3ccccc3)cc12. The summed E-state index contributed by atoms with van der Waals surface area (Å²) in [5.41, 5.74) is 23.8. The van der Waals surface area contributed by atoms with E-state index in [1.807, 2.05) is 263 Å². The molecule has 18 aromatic rings. The number of aromatic nitrogens is 12. The molecule has 12 heterocycles. The molecule has 0 aliphatic rings. The molecule has 18 rings (SSSR count). The molecule has 0 fully saturated rings. The van der Waals surface area contributed by atoms with Crippen LogP contribution in [0.25, 0.3) is 151 Å². The molecule has 25 heteroatoms. The van der Waals surface area contributed by atoms with Crippen LogP contribution in [0.5, 0.6) is 0 Å². The van der Waals surface area contributed by atoms with Crippen LogP contribution in [0.15, 0.2) is 335 Å². The number of hydrogen-bond acceptors (Lipinski definition) is 16. The highest BCUT2D eigenvalue weighted by molar-refractivity contribution is 6.10. The van der Waals surface area contributed by atoms with Gasteiger partial charge in [0, 0.05) is 192 Å². The lowest BCUT2D eigenvalue weighted by molar-refractivity contribution is -0.114. The van der Waals surface area contributed by atoms with Gasteiger partial charge in [-0.05, 0) is 180 Å². The Bertz CT molecular complexity index is 7570. The second-order valence-corrected chi connectivity index (χ2v) is 31.5. The molecule has 670 valence electrons. The van der Waals surface area contributed by atoms with E-state index in [0.717, 1.165) is 168 Å². The molecule has 0 saturated heterocycles. The van der Waals surface area contributed by atoms with Gasteiger partial charge in [0.1, 0.15) is 33.9 Å². The summed E-state index contributed by atoms with van der Waals surface area (Å²) in [4.78, 5) is 139. The van der Waals surface area contributed by atoms with Gasteiger partial charge in [-0.2, -0.15) is 5.26 Å². The predicted octanol–water partition coefficient (Wildman–Crippen LogP) is 23.0. The molecule has 135 heavy (non-hydrogen) atoms. The Kier molecular flexibility index (Phi) is 32.2. The van der Waals surface area contributed by atoms with Crippen LogP contribution in [0.4, 0.5) is 17.1 Å². The topological polar surface area (TPSA) is 372 Å². The number of benzene rings is 6. The Hall–Kier alpha value is -17.9. The maximum Gasteiger partial charge on any atom is 0.248 e. The Morgan fingerprint density at radius 2 is 0.637 bits per heavy atom. The molecule has 0 aliphatic carbocycles. The molecule has 0 radical (unpaired) electrons. The lowest BCUT2D eigenvalue weighted by Crippen LogP contribution is -2.12. The lowest BCUT2D eigenvalue weighted by Gasteiger charge is -2.05. The minimum absolute atomic E-state index is 0.00220. The number of allylic oxidation sites excluding steroid dienone is 5. The fourth-order valence-corrected chi connectivity index (χ4v) is 14.1. The Morgan fingerprint density at radius 3 is 0.985 bits per heavy atom. The van der Waals surface area contributed by atoms with Crippen LogP contribution in [-0.2, 0) is 28.8 Å². The number of aromatic amines is 6. The van der Waals surface area contributed by atoms with Crippen LogP contribution in [0, 0.1) is 11.3 Å². The van der Waals surface area contributed by atoms with Crippen LogP contribution < -0.4 is 16.0 Å². The van der Waals surface area contributed by atoms with Crippen LogP contribution in [-0.4, -0.2) is 132 Å². The molecular formula is C110H97N17O8. The first kappa shape index (κ1) is 94.7. The van der Waals surface area contributed by atoms with Crippen molar-refractivity contribution in [3.05, 3.63) is 363 Å². The maximum absolute atomic E-state index is 12.0. The number of H-pyrrole nitrogens is 6. The second kappa shape index (κ2) is 45.9. The number of ketones is 5. The number of anilines is 3. The number of likely N-dealkylation sites (N-methyl/N-ethyl adjacent to an activating group) is 1. The number of carbonyl (C=O) groups is 8. The maximum atomic E-state index is 12.0. The van der Waals surface area contributed by atoms with E-state index in [0.29, 0.717) is 28.0 Å². The third kappa shape index (κ3) is 26.0. The van der Waals surface area contributed by atoms with E-state index in [4.69, 9.17) is 5.26 Å². The minimum Gasteiger partial charge on any atom is -0.346 e. The summed E-state index contributed by atoms with van der Waals surface area (Å²) in [6, 6.07) is 69.4. The van der Waals surface area contributed by atoms with Crippen molar-refractivity contribution < 1.29 is 38.4 Å². The molecule has 3 amide bonds. The first-order valence-electron chi connectivity index (χ1n) is 43.2. The first-order valence-corrected chi connectivity index (χ1v) is 43.2. The zero-order valence-electron chi connectivity index (χ0n) is 75.7. The van der Waals surface area contributed by atoms with E-state index >= 15 is 0 Å². The van der Waals surface area contributed by atoms with Gasteiger partial charge < -0.3 is 50.8 Å². The normalized spacial score (nSPS) is 11.3. The molecule has 0 saturated carbocycles. The number of hydrogen-bond donors (Lipinski definition) is 9. The number of nitrogens with zero attached hydrogens (tertiary/aromatic N) is 8. The summed E-state index contributed by atoms with van der Waals surface area (Å²) in [5, 5.41) is 23.0. The van der Waals surface area contributed by atoms with Crippen LogP contribution in [0.2, 0.25) is 0 Å². The lowest BCUT2D eigenvalue weighted by atomic mass is 10.0. The molecule has 0 aliphatic heterocycles.